The molecule has 1 aromatic rings. The predicted octanol–water partition coefficient (Wildman–Crippen LogP) is 3.59. The van der Waals surface area contributed by atoms with Gasteiger partial charge in [-0.3, -0.25) is 0 Å². The Morgan fingerprint density at radius 2 is 2.06 bits per heavy atom. The number of benzene rings is 1. The summed E-state index contributed by atoms with van der Waals surface area (Å²) in [5.41, 5.74) is 3.32. The normalized spacial score (nSPS) is 20.1. The molecule has 100 valence electrons. The molecule has 0 radical (unpaired) electrons. The molecule has 1 aromatic carbocycles. The van der Waals surface area contributed by atoms with Gasteiger partial charge in [-0.2, -0.15) is 0 Å². The van der Waals surface area contributed by atoms with Gasteiger partial charge in [0, 0.05) is 24.8 Å². The van der Waals surface area contributed by atoms with Crippen molar-refractivity contribution in [1.82, 2.24) is 5.32 Å². The molecule has 1 aliphatic rings. The Labute approximate surface area is 111 Å². The van der Waals surface area contributed by atoms with Crippen molar-refractivity contribution in [2.75, 3.05) is 25.0 Å². The van der Waals surface area contributed by atoms with E-state index in [1.54, 1.807) is 0 Å². The molecule has 0 spiro atoms. The van der Waals surface area contributed by atoms with Gasteiger partial charge in [-0.1, -0.05) is 39.0 Å². The van der Waals surface area contributed by atoms with Crippen molar-refractivity contribution in [2.45, 2.75) is 39.7 Å². The van der Waals surface area contributed by atoms with Crippen LogP contribution in [0.25, 0.3) is 0 Å². The molecule has 1 saturated heterocycles. The standard InChI is InChI=1S/C16H26N2/c1-5-14(17-4)13-8-6-7-9-15(13)18-11-10-16(2,3)12-18/h6-9,14,17H,5,10-12H2,1-4H3. The van der Waals surface area contributed by atoms with Gasteiger partial charge in [-0.15, -0.1) is 0 Å². The average molecular weight is 246 g/mol. The van der Waals surface area contributed by atoms with E-state index in [4.69, 9.17) is 0 Å². The van der Waals surface area contributed by atoms with Crippen molar-refractivity contribution in [2.24, 2.45) is 5.41 Å². The highest BCUT2D eigenvalue weighted by atomic mass is 15.2. The largest absolute Gasteiger partial charge is 0.371 e. The van der Waals surface area contributed by atoms with Crippen LogP contribution in [0, 0.1) is 5.41 Å². The number of rotatable bonds is 4. The number of hydrogen-bond donors (Lipinski definition) is 1. The van der Waals surface area contributed by atoms with Crippen molar-refractivity contribution in [3.63, 3.8) is 0 Å². The fourth-order valence-corrected chi connectivity index (χ4v) is 2.97. The first-order chi connectivity index (χ1) is 8.57. The van der Waals surface area contributed by atoms with Crippen molar-refractivity contribution in [1.29, 1.82) is 0 Å². The van der Waals surface area contributed by atoms with E-state index in [1.807, 2.05) is 0 Å². The Bertz CT molecular complexity index is 394. The van der Waals surface area contributed by atoms with Crippen molar-refractivity contribution in [3.8, 4) is 0 Å². The fourth-order valence-electron chi connectivity index (χ4n) is 2.97. The van der Waals surface area contributed by atoms with Crippen LogP contribution in [-0.4, -0.2) is 20.1 Å². The lowest BCUT2D eigenvalue weighted by Gasteiger charge is -2.27. The molecule has 1 N–H and O–H groups in total. The molecule has 1 heterocycles. The Hall–Kier alpha value is -1.02. The molecule has 1 atom stereocenters. The molecule has 2 rings (SSSR count). The van der Waals surface area contributed by atoms with E-state index in [0.717, 1.165) is 6.42 Å². The predicted molar refractivity (Wildman–Crippen MR) is 79.1 cm³/mol. The molecule has 0 saturated carbocycles. The lowest BCUT2D eigenvalue weighted by atomic mass is 9.93. The van der Waals surface area contributed by atoms with Crippen LogP contribution in [0.3, 0.4) is 0 Å². The Morgan fingerprint density at radius 3 is 2.61 bits per heavy atom. The topological polar surface area (TPSA) is 15.3 Å². The van der Waals surface area contributed by atoms with Gasteiger partial charge in [-0.25, -0.2) is 0 Å². The van der Waals surface area contributed by atoms with E-state index in [9.17, 15) is 0 Å². The number of nitrogens with zero attached hydrogens (tertiary/aromatic N) is 1. The second-order valence-corrected chi connectivity index (χ2v) is 6.14. The molecule has 1 unspecified atom stereocenters. The van der Waals surface area contributed by atoms with Gasteiger partial charge in [0.2, 0.25) is 0 Å². The van der Waals surface area contributed by atoms with E-state index in [2.05, 4.69) is 62.3 Å². The van der Waals surface area contributed by atoms with Crippen LogP contribution in [0.5, 0.6) is 0 Å². The molecular weight excluding hydrogens is 220 g/mol. The SMILES string of the molecule is CCC(NC)c1ccccc1N1CCC(C)(C)C1. The summed E-state index contributed by atoms with van der Waals surface area (Å²) in [5.74, 6) is 0. The maximum atomic E-state index is 3.43. The van der Waals surface area contributed by atoms with Gasteiger partial charge in [0.15, 0.2) is 0 Å². The summed E-state index contributed by atoms with van der Waals surface area (Å²) in [7, 11) is 2.05. The monoisotopic (exact) mass is 246 g/mol. The van der Waals surface area contributed by atoms with Crippen LogP contribution >= 0.6 is 0 Å². The van der Waals surface area contributed by atoms with E-state index >= 15 is 0 Å². The number of nitrogens with one attached hydrogen (secondary N) is 1. The van der Waals surface area contributed by atoms with Crippen LogP contribution < -0.4 is 10.2 Å². The highest BCUT2D eigenvalue weighted by molar-refractivity contribution is 5.56. The smallest absolute Gasteiger partial charge is 0.0414 e. The molecular formula is C16H26N2. The summed E-state index contributed by atoms with van der Waals surface area (Å²) in [6, 6.07) is 9.32. The molecule has 0 bridgehead atoms. The van der Waals surface area contributed by atoms with Crippen LogP contribution in [0.2, 0.25) is 0 Å². The molecule has 2 heteroatoms. The second kappa shape index (κ2) is 5.31. The third-order valence-corrected chi connectivity index (χ3v) is 4.09. The summed E-state index contributed by atoms with van der Waals surface area (Å²) in [4.78, 5) is 2.55. The number of anilines is 1. The third-order valence-electron chi connectivity index (χ3n) is 4.09. The van der Waals surface area contributed by atoms with Crippen molar-refractivity contribution < 1.29 is 0 Å². The van der Waals surface area contributed by atoms with Gasteiger partial charge in [-0.05, 0) is 36.9 Å². The maximum absolute atomic E-state index is 3.43. The Balaban J connectivity index is 2.28. The Morgan fingerprint density at radius 1 is 1.33 bits per heavy atom. The summed E-state index contributed by atoms with van der Waals surface area (Å²) in [5, 5.41) is 3.43. The minimum absolute atomic E-state index is 0.453. The zero-order valence-electron chi connectivity index (χ0n) is 12.2. The molecule has 0 amide bonds. The van der Waals surface area contributed by atoms with E-state index in [0.29, 0.717) is 11.5 Å². The van der Waals surface area contributed by atoms with Gasteiger partial charge in [0.05, 0.1) is 0 Å². The average Bonchev–Trinajstić information content (AvgIpc) is 2.72. The minimum Gasteiger partial charge on any atom is -0.371 e. The first-order valence-corrected chi connectivity index (χ1v) is 7.08. The number of hydrogen-bond acceptors (Lipinski definition) is 2. The van der Waals surface area contributed by atoms with Crippen LogP contribution in [-0.2, 0) is 0 Å². The van der Waals surface area contributed by atoms with Gasteiger partial charge in [0.1, 0.15) is 0 Å². The van der Waals surface area contributed by atoms with Crippen LogP contribution in [0.1, 0.15) is 45.2 Å². The summed E-state index contributed by atoms with van der Waals surface area (Å²) < 4.78 is 0. The number of para-hydroxylation sites is 1. The van der Waals surface area contributed by atoms with E-state index in [1.165, 1.54) is 30.8 Å². The molecule has 0 aliphatic carbocycles. The first kappa shape index (κ1) is 13.4. The fraction of sp³-hybridized carbons (Fsp3) is 0.625. The lowest BCUT2D eigenvalue weighted by molar-refractivity contribution is 0.418. The van der Waals surface area contributed by atoms with Gasteiger partial charge < -0.3 is 10.2 Å². The molecule has 18 heavy (non-hydrogen) atoms. The lowest BCUT2D eigenvalue weighted by Crippen LogP contribution is -2.26. The van der Waals surface area contributed by atoms with Crippen molar-refractivity contribution >= 4 is 5.69 Å². The zero-order valence-corrected chi connectivity index (χ0v) is 12.2. The Kier molecular flexibility index (Phi) is 3.96. The highest BCUT2D eigenvalue weighted by Gasteiger charge is 2.30. The second-order valence-electron chi connectivity index (χ2n) is 6.14. The first-order valence-electron chi connectivity index (χ1n) is 7.08. The molecule has 1 fully saturated rings. The molecule has 0 aromatic heterocycles. The molecule has 2 nitrogen and oxygen atoms in total. The van der Waals surface area contributed by atoms with Crippen molar-refractivity contribution in [3.05, 3.63) is 29.8 Å². The summed E-state index contributed by atoms with van der Waals surface area (Å²) in [6.45, 7) is 9.33. The highest BCUT2D eigenvalue weighted by Crippen LogP contribution is 2.36. The molecule has 1 aliphatic heterocycles. The zero-order chi connectivity index (χ0) is 13.2. The summed E-state index contributed by atoms with van der Waals surface area (Å²) >= 11 is 0. The van der Waals surface area contributed by atoms with Gasteiger partial charge >= 0.3 is 0 Å². The third kappa shape index (κ3) is 2.69. The van der Waals surface area contributed by atoms with Crippen LogP contribution in [0.4, 0.5) is 5.69 Å². The van der Waals surface area contributed by atoms with E-state index < -0.39 is 0 Å². The van der Waals surface area contributed by atoms with Gasteiger partial charge in [0.25, 0.3) is 0 Å². The van der Waals surface area contributed by atoms with Crippen LogP contribution in [0.15, 0.2) is 24.3 Å². The van der Waals surface area contributed by atoms with E-state index in [-0.39, 0.29) is 0 Å². The quantitative estimate of drug-likeness (QED) is 0.873. The summed E-state index contributed by atoms with van der Waals surface area (Å²) in [6.07, 6.45) is 2.42. The maximum Gasteiger partial charge on any atom is 0.0414 e. The minimum atomic E-state index is 0.453.